The summed E-state index contributed by atoms with van der Waals surface area (Å²) in [6.07, 6.45) is 5.06. The van der Waals surface area contributed by atoms with Crippen LogP contribution in [0.2, 0.25) is 0 Å². The van der Waals surface area contributed by atoms with Crippen LogP contribution in [0.4, 0.5) is 0 Å². The van der Waals surface area contributed by atoms with E-state index in [0.29, 0.717) is 18.2 Å². The van der Waals surface area contributed by atoms with Crippen molar-refractivity contribution in [1.82, 2.24) is 20.1 Å². The van der Waals surface area contributed by atoms with Gasteiger partial charge in [-0.1, -0.05) is 6.07 Å². The van der Waals surface area contributed by atoms with Gasteiger partial charge in [0.1, 0.15) is 11.3 Å². The van der Waals surface area contributed by atoms with E-state index in [1.807, 2.05) is 18.2 Å². The van der Waals surface area contributed by atoms with Crippen molar-refractivity contribution in [2.45, 2.75) is 25.9 Å². The van der Waals surface area contributed by atoms with E-state index < -0.39 is 5.54 Å². The van der Waals surface area contributed by atoms with Crippen LogP contribution in [-0.2, 0) is 16.9 Å². The lowest BCUT2D eigenvalue weighted by molar-refractivity contribution is -0.129. The van der Waals surface area contributed by atoms with Crippen LogP contribution < -0.4 is 10.1 Å². The number of carbonyl (C=O) groups is 1. The topological polar surface area (TPSA) is 82.2 Å². The van der Waals surface area contributed by atoms with Crippen LogP contribution in [0, 0.1) is 0 Å². The summed E-state index contributed by atoms with van der Waals surface area (Å²) in [4.78, 5) is 16.9. The second kappa shape index (κ2) is 6.80. The standard InChI is InChI=1S/C18H20N4O3/c1-18(2,17(23)19-11-14-6-5-9-25-14)22-12-13(10-20-22)15-7-4-8-16(21-15)24-3/h4-10,12H,11H2,1-3H3,(H,19,23). The highest BCUT2D eigenvalue weighted by Gasteiger charge is 2.30. The Labute approximate surface area is 145 Å². The summed E-state index contributed by atoms with van der Waals surface area (Å²) in [6.45, 7) is 3.95. The maximum Gasteiger partial charge on any atom is 0.247 e. The van der Waals surface area contributed by atoms with Gasteiger partial charge in [-0.25, -0.2) is 4.98 Å². The number of methoxy groups -OCH3 is 1. The Kier molecular flexibility index (Phi) is 4.56. The van der Waals surface area contributed by atoms with Crippen molar-refractivity contribution < 1.29 is 13.9 Å². The van der Waals surface area contributed by atoms with Crippen molar-refractivity contribution in [2.24, 2.45) is 0 Å². The van der Waals surface area contributed by atoms with Gasteiger partial charge in [0.2, 0.25) is 11.8 Å². The number of nitrogens with zero attached hydrogens (tertiary/aromatic N) is 3. The zero-order valence-corrected chi connectivity index (χ0v) is 14.4. The highest BCUT2D eigenvalue weighted by atomic mass is 16.5. The number of furan rings is 1. The van der Waals surface area contributed by atoms with Gasteiger partial charge < -0.3 is 14.5 Å². The van der Waals surface area contributed by atoms with E-state index in [0.717, 1.165) is 11.3 Å². The van der Waals surface area contributed by atoms with Crippen LogP contribution in [0.25, 0.3) is 11.3 Å². The largest absolute Gasteiger partial charge is 0.481 e. The van der Waals surface area contributed by atoms with Gasteiger partial charge >= 0.3 is 0 Å². The fourth-order valence-corrected chi connectivity index (χ4v) is 2.35. The molecule has 130 valence electrons. The first kappa shape index (κ1) is 16.8. The molecule has 0 fully saturated rings. The number of rotatable bonds is 6. The fraction of sp³-hybridized carbons (Fsp3) is 0.278. The molecule has 7 nitrogen and oxygen atoms in total. The normalized spacial score (nSPS) is 11.3. The SMILES string of the molecule is COc1cccc(-c2cnn(C(C)(C)C(=O)NCc3ccco3)c2)n1. The average molecular weight is 340 g/mol. The molecule has 3 aromatic heterocycles. The molecule has 0 aliphatic rings. The van der Waals surface area contributed by atoms with Crippen LogP contribution >= 0.6 is 0 Å². The first-order chi connectivity index (χ1) is 12.0. The van der Waals surface area contributed by atoms with Crippen molar-refractivity contribution in [3.05, 3.63) is 54.7 Å². The van der Waals surface area contributed by atoms with Crippen LogP contribution in [-0.4, -0.2) is 27.8 Å². The number of hydrogen-bond donors (Lipinski definition) is 1. The lowest BCUT2D eigenvalue weighted by Crippen LogP contribution is -2.44. The predicted octanol–water partition coefficient (Wildman–Crippen LogP) is 2.60. The van der Waals surface area contributed by atoms with Gasteiger partial charge in [-0.15, -0.1) is 0 Å². The molecule has 0 saturated carbocycles. The number of aromatic nitrogens is 3. The molecule has 0 atom stereocenters. The number of carbonyl (C=O) groups excluding carboxylic acids is 1. The van der Waals surface area contributed by atoms with Crippen molar-refractivity contribution >= 4 is 5.91 Å². The first-order valence-corrected chi connectivity index (χ1v) is 7.88. The average Bonchev–Trinajstić information content (AvgIpc) is 3.31. The first-order valence-electron chi connectivity index (χ1n) is 7.88. The summed E-state index contributed by atoms with van der Waals surface area (Å²) in [5.74, 6) is 1.07. The number of pyridine rings is 1. The van der Waals surface area contributed by atoms with Crippen LogP contribution in [0.1, 0.15) is 19.6 Å². The zero-order chi connectivity index (χ0) is 17.9. The smallest absolute Gasteiger partial charge is 0.247 e. The minimum absolute atomic E-state index is 0.155. The third kappa shape index (κ3) is 3.55. The molecule has 0 aromatic carbocycles. The fourth-order valence-electron chi connectivity index (χ4n) is 2.35. The summed E-state index contributed by atoms with van der Waals surface area (Å²) in [6, 6.07) is 9.11. The summed E-state index contributed by atoms with van der Waals surface area (Å²) < 4.78 is 12.0. The summed E-state index contributed by atoms with van der Waals surface area (Å²) in [5.41, 5.74) is 0.687. The molecule has 3 rings (SSSR count). The lowest BCUT2D eigenvalue weighted by atomic mass is 10.0. The number of ether oxygens (including phenoxy) is 1. The van der Waals surface area contributed by atoms with Gasteiger partial charge in [-0.3, -0.25) is 9.48 Å². The number of nitrogens with one attached hydrogen (secondary N) is 1. The molecular weight excluding hydrogens is 320 g/mol. The Balaban J connectivity index is 1.76. The molecule has 0 spiro atoms. The quantitative estimate of drug-likeness (QED) is 0.746. The highest BCUT2D eigenvalue weighted by molar-refractivity contribution is 5.83. The molecule has 0 saturated heterocycles. The van der Waals surface area contributed by atoms with Gasteiger partial charge in [-0.05, 0) is 32.0 Å². The molecule has 0 aliphatic heterocycles. The molecule has 3 aromatic rings. The molecule has 0 bridgehead atoms. The highest BCUT2D eigenvalue weighted by Crippen LogP contribution is 2.22. The summed E-state index contributed by atoms with van der Waals surface area (Å²) in [5, 5.41) is 7.20. The predicted molar refractivity (Wildman–Crippen MR) is 91.9 cm³/mol. The third-order valence-electron chi connectivity index (χ3n) is 3.94. The molecule has 0 unspecified atom stereocenters. The Morgan fingerprint density at radius 2 is 2.16 bits per heavy atom. The van der Waals surface area contributed by atoms with E-state index in [9.17, 15) is 4.79 Å². The molecule has 1 amide bonds. The van der Waals surface area contributed by atoms with Crippen LogP contribution in [0.3, 0.4) is 0 Å². The minimum Gasteiger partial charge on any atom is -0.481 e. The monoisotopic (exact) mass is 340 g/mol. The number of hydrogen-bond acceptors (Lipinski definition) is 5. The van der Waals surface area contributed by atoms with Gasteiger partial charge in [0.05, 0.1) is 31.8 Å². The van der Waals surface area contributed by atoms with Gasteiger partial charge in [0, 0.05) is 17.8 Å². The van der Waals surface area contributed by atoms with Crippen molar-refractivity contribution in [3.63, 3.8) is 0 Å². The summed E-state index contributed by atoms with van der Waals surface area (Å²) in [7, 11) is 1.57. The van der Waals surface area contributed by atoms with E-state index in [1.54, 1.807) is 56.4 Å². The lowest BCUT2D eigenvalue weighted by Gasteiger charge is -2.24. The zero-order valence-electron chi connectivity index (χ0n) is 14.4. The van der Waals surface area contributed by atoms with Crippen molar-refractivity contribution in [1.29, 1.82) is 0 Å². The van der Waals surface area contributed by atoms with E-state index >= 15 is 0 Å². The summed E-state index contributed by atoms with van der Waals surface area (Å²) >= 11 is 0. The van der Waals surface area contributed by atoms with E-state index in [4.69, 9.17) is 9.15 Å². The number of amides is 1. The van der Waals surface area contributed by atoms with E-state index in [2.05, 4.69) is 15.4 Å². The molecule has 0 radical (unpaired) electrons. The Morgan fingerprint density at radius 3 is 2.88 bits per heavy atom. The maximum atomic E-state index is 12.6. The van der Waals surface area contributed by atoms with E-state index in [1.165, 1.54) is 0 Å². The second-order valence-corrected chi connectivity index (χ2v) is 6.06. The molecule has 3 heterocycles. The van der Waals surface area contributed by atoms with Crippen molar-refractivity contribution in [3.8, 4) is 17.1 Å². The minimum atomic E-state index is -0.857. The Morgan fingerprint density at radius 1 is 1.32 bits per heavy atom. The third-order valence-corrected chi connectivity index (χ3v) is 3.94. The molecule has 25 heavy (non-hydrogen) atoms. The van der Waals surface area contributed by atoms with Crippen LogP contribution in [0.15, 0.2) is 53.4 Å². The molecular formula is C18H20N4O3. The van der Waals surface area contributed by atoms with E-state index in [-0.39, 0.29) is 5.91 Å². The molecule has 1 N–H and O–H groups in total. The maximum absolute atomic E-state index is 12.6. The molecule has 7 heteroatoms. The van der Waals surface area contributed by atoms with Gasteiger partial charge in [-0.2, -0.15) is 5.10 Å². The van der Waals surface area contributed by atoms with Gasteiger partial charge in [0.15, 0.2) is 0 Å². The van der Waals surface area contributed by atoms with Crippen molar-refractivity contribution in [2.75, 3.05) is 7.11 Å². The van der Waals surface area contributed by atoms with Gasteiger partial charge in [0.25, 0.3) is 0 Å². The second-order valence-electron chi connectivity index (χ2n) is 6.06. The molecule has 0 aliphatic carbocycles. The Bertz CT molecular complexity index is 853. The Hall–Kier alpha value is -3.09. The van der Waals surface area contributed by atoms with Crippen LogP contribution in [0.5, 0.6) is 5.88 Å².